The summed E-state index contributed by atoms with van der Waals surface area (Å²) in [6.45, 7) is 0.337. The summed E-state index contributed by atoms with van der Waals surface area (Å²) < 4.78 is 36.7. The quantitative estimate of drug-likeness (QED) is 0.659. The highest BCUT2D eigenvalue weighted by atomic mass is 19.4. The number of nitrogens with one attached hydrogen (secondary N) is 1. The molecule has 6 heteroatoms. The molecule has 0 aliphatic carbocycles. The first kappa shape index (κ1) is 10.3. The van der Waals surface area contributed by atoms with Crippen molar-refractivity contribution >= 4 is 5.97 Å². The maximum absolute atomic E-state index is 12.2. The normalized spacial score (nSPS) is 30.1. The van der Waals surface area contributed by atoms with Gasteiger partial charge in [-0.25, -0.2) is 0 Å². The van der Waals surface area contributed by atoms with E-state index in [-0.39, 0.29) is 6.42 Å². The number of carboxylic acid groups (broad SMARTS) is 1. The zero-order valence-electron chi connectivity index (χ0n) is 6.77. The summed E-state index contributed by atoms with van der Waals surface area (Å²) in [6.07, 6.45) is -4.15. The maximum Gasteiger partial charge on any atom is 0.393 e. The lowest BCUT2D eigenvalue weighted by molar-refractivity contribution is -0.194. The van der Waals surface area contributed by atoms with Gasteiger partial charge in [0, 0.05) is 0 Å². The Morgan fingerprint density at radius 3 is 2.46 bits per heavy atom. The van der Waals surface area contributed by atoms with Crippen LogP contribution in [-0.2, 0) is 4.79 Å². The Morgan fingerprint density at radius 2 is 2.08 bits per heavy atom. The SMILES string of the molecule is O=C(O)[C@H]1NCCC[C@@H]1C(F)(F)F. The summed E-state index contributed by atoms with van der Waals surface area (Å²) in [5.74, 6) is -3.18. The standard InChI is InChI=1S/C7H10F3NO2/c8-7(9,10)4-2-1-3-11-5(4)6(12)13/h4-5,11H,1-3H2,(H,12,13)/t4-,5-/m0/s1. The highest BCUT2D eigenvalue weighted by Gasteiger charge is 2.48. The average Bonchev–Trinajstić information content (AvgIpc) is 2.03. The molecular weight excluding hydrogens is 187 g/mol. The molecule has 13 heavy (non-hydrogen) atoms. The van der Waals surface area contributed by atoms with Gasteiger partial charge in [-0.1, -0.05) is 0 Å². The van der Waals surface area contributed by atoms with E-state index in [1.54, 1.807) is 0 Å². The van der Waals surface area contributed by atoms with E-state index in [4.69, 9.17) is 5.11 Å². The third-order valence-corrected chi connectivity index (χ3v) is 2.15. The average molecular weight is 197 g/mol. The number of hydrogen-bond donors (Lipinski definition) is 2. The van der Waals surface area contributed by atoms with Gasteiger partial charge < -0.3 is 10.4 Å². The number of aliphatic carboxylic acids is 1. The smallest absolute Gasteiger partial charge is 0.393 e. The van der Waals surface area contributed by atoms with Gasteiger partial charge in [0.1, 0.15) is 6.04 Å². The van der Waals surface area contributed by atoms with E-state index in [1.807, 2.05) is 0 Å². The molecule has 1 aliphatic rings. The van der Waals surface area contributed by atoms with Crippen molar-refractivity contribution in [2.45, 2.75) is 25.1 Å². The Balaban J connectivity index is 2.73. The van der Waals surface area contributed by atoms with Crippen LogP contribution in [0.15, 0.2) is 0 Å². The molecule has 0 spiro atoms. The summed E-state index contributed by atoms with van der Waals surface area (Å²) in [7, 11) is 0. The predicted molar refractivity (Wildman–Crippen MR) is 38.2 cm³/mol. The monoisotopic (exact) mass is 197 g/mol. The first-order valence-corrected chi connectivity index (χ1v) is 3.96. The molecule has 0 unspecified atom stereocenters. The topological polar surface area (TPSA) is 49.3 Å². The van der Waals surface area contributed by atoms with Gasteiger partial charge in [-0.2, -0.15) is 13.2 Å². The number of hydrogen-bond acceptors (Lipinski definition) is 2. The van der Waals surface area contributed by atoms with E-state index < -0.39 is 24.1 Å². The van der Waals surface area contributed by atoms with Crippen LogP contribution in [0.1, 0.15) is 12.8 Å². The van der Waals surface area contributed by atoms with Crippen LogP contribution in [0.25, 0.3) is 0 Å². The van der Waals surface area contributed by atoms with Crippen molar-refractivity contribution in [2.24, 2.45) is 5.92 Å². The second kappa shape index (κ2) is 3.53. The van der Waals surface area contributed by atoms with Gasteiger partial charge in [0.15, 0.2) is 0 Å². The Labute approximate surface area is 72.9 Å². The third-order valence-electron chi connectivity index (χ3n) is 2.15. The van der Waals surface area contributed by atoms with E-state index in [0.29, 0.717) is 13.0 Å². The summed E-state index contributed by atoms with van der Waals surface area (Å²) in [5, 5.41) is 10.9. The highest BCUT2D eigenvalue weighted by molar-refractivity contribution is 5.74. The van der Waals surface area contributed by atoms with Gasteiger partial charge in [0.25, 0.3) is 0 Å². The van der Waals surface area contributed by atoms with Gasteiger partial charge >= 0.3 is 12.1 Å². The minimum absolute atomic E-state index is 0.104. The lowest BCUT2D eigenvalue weighted by Gasteiger charge is -2.30. The van der Waals surface area contributed by atoms with Crippen molar-refractivity contribution < 1.29 is 23.1 Å². The number of halogens is 3. The molecule has 0 aromatic carbocycles. The van der Waals surface area contributed by atoms with E-state index in [0.717, 1.165) is 0 Å². The highest BCUT2D eigenvalue weighted by Crippen LogP contribution is 2.34. The molecule has 0 aromatic rings. The lowest BCUT2D eigenvalue weighted by atomic mass is 9.90. The Hall–Kier alpha value is -0.780. The van der Waals surface area contributed by atoms with Crippen LogP contribution in [0.2, 0.25) is 0 Å². The number of rotatable bonds is 1. The Kier molecular flexibility index (Phi) is 2.80. The predicted octanol–water partition coefficient (Wildman–Crippen LogP) is 1.00. The van der Waals surface area contributed by atoms with Crippen LogP contribution in [0.4, 0.5) is 13.2 Å². The fourth-order valence-electron chi connectivity index (χ4n) is 1.50. The van der Waals surface area contributed by atoms with Crippen LogP contribution >= 0.6 is 0 Å². The van der Waals surface area contributed by atoms with E-state index in [2.05, 4.69) is 5.32 Å². The minimum atomic E-state index is -4.42. The van der Waals surface area contributed by atoms with Crippen LogP contribution in [0, 0.1) is 5.92 Å². The first-order chi connectivity index (χ1) is 5.93. The molecule has 1 fully saturated rings. The number of piperidine rings is 1. The molecule has 2 atom stereocenters. The van der Waals surface area contributed by atoms with Gasteiger partial charge in [-0.3, -0.25) is 4.79 Å². The van der Waals surface area contributed by atoms with Crippen molar-refractivity contribution in [1.29, 1.82) is 0 Å². The van der Waals surface area contributed by atoms with Crippen LogP contribution in [0.5, 0.6) is 0 Å². The minimum Gasteiger partial charge on any atom is -0.480 e. The molecule has 3 nitrogen and oxygen atoms in total. The molecule has 0 saturated carbocycles. The Morgan fingerprint density at radius 1 is 1.46 bits per heavy atom. The second-order valence-electron chi connectivity index (χ2n) is 3.06. The molecule has 0 aromatic heterocycles. The van der Waals surface area contributed by atoms with Crippen LogP contribution in [0.3, 0.4) is 0 Å². The van der Waals surface area contributed by atoms with Crippen LogP contribution in [-0.4, -0.2) is 29.8 Å². The lowest BCUT2D eigenvalue weighted by Crippen LogP contribution is -2.51. The number of carboxylic acids is 1. The van der Waals surface area contributed by atoms with Gasteiger partial charge in [0.05, 0.1) is 5.92 Å². The molecule has 76 valence electrons. The van der Waals surface area contributed by atoms with Gasteiger partial charge in [-0.05, 0) is 19.4 Å². The van der Waals surface area contributed by atoms with Gasteiger partial charge in [-0.15, -0.1) is 0 Å². The molecular formula is C7H10F3NO2. The molecule has 1 aliphatic heterocycles. The van der Waals surface area contributed by atoms with E-state index in [9.17, 15) is 18.0 Å². The largest absolute Gasteiger partial charge is 0.480 e. The summed E-state index contributed by atoms with van der Waals surface area (Å²) >= 11 is 0. The number of alkyl halides is 3. The van der Waals surface area contributed by atoms with Crippen molar-refractivity contribution in [1.82, 2.24) is 5.32 Å². The molecule has 2 N–H and O–H groups in total. The molecule has 1 rings (SSSR count). The number of carbonyl (C=O) groups is 1. The van der Waals surface area contributed by atoms with Crippen molar-refractivity contribution in [3.63, 3.8) is 0 Å². The van der Waals surface area contributed by atoms with E-state index >= 15 is 0 Å². The van der Waals surface area contributed by atoms with Crippen LogP contribution < -0.4 is 5.32 Å². The molecule has 1 saturated heterocycles. The first-order valence-electron chi connectivity index (χ1n) is 3.96. The zero-order valence-corrected chi connectivity index (χ0v) is 6.77. The molecule has 0 amide bonds. The summed E-state index contributed by atoms with van der Waals surface area (Å²) in [6, 6.07) is -1.48. The second-order valence-corrected chi connectivity index (χ2v) is 3.06. The molecule has 0 radical (unpaired) electrons. The van der Waals surface area contributed by atoms with Crippen molar-refractivity contribution in [3.05, 3.63) is 0 Å². The summed E-state index contributed by atoms with van der Waals surface area (Å²) in [4.78, 5) is 10.4. The van der Waals surface area contributed by atoms with Crippen molar-refractivity contribution in [2.75, 3.05) is 6.54 Å². The molecule has 1 heterocycles. The fourth-order valence-corrected chi connectivity index (χ4v) is 1.50. The van der Waals surface area contributed by atoms with E-state index in [1.165, 1.54) is 0 Å². The Bertz CT molecular complexity index is 204. The summed E-state index contributed by atoms with van der Waals surface area (Å²) in [5.41, 5.74) is 0. The van der Waals surface area contributed by atoms with Gasteiger partial charge in [0.2, 0.25) is 0 Å². The fraction of sp³-hybridized carbons (Fsp3) is 0.857. The maximum atomic E-state index is 12.2. The zero-order chi connectivity index (χ0) is 10.1. The third kappa shape index (κ3) is 2.33. The molecule has 0 bridgehead atoms. The van der Waals surface area contributed by atoms with Crippen molar-refractivity contribution in [3.8, 4) is 0 Å².